The number of furan rings is 1. The number of aliphatic hydroxyl groups excluding tert-OH is 1. The van der Waals surface area contributed by atoms with Crippen LogP contribution in [0, 0.1) is 0 Å². The highest BCUT2D eigenvalue weighted by Gasteiger charge is 2.31. The van der Waals surface area contributed by atoms with Gasteiger partial charge in [-0.05, 0) is 52.7 Å². The fraction of sp³-hybridized carbons (Fsp3) is 0.706. The van der Waals surface area contributed by atoms with Crippen molar-refractivity contribution in [3.8, 4) is 0 Å². The van der Waals surface area contributed by atoms with Crippen molar-refractivity contribution in [3.63, 3.8) is 0 Å². The molecule has 2 rings (SSSR count). The van der Waals surface area contributed by atoms with E-state index in [1.807, 2.05) is 26.8 Å². The van der Waals surface area contributed by atoms with E-state index in [4.69, 9.17) is 14.3 Å². The SMILES string of the molecule is CC1CC(NCc2ccc(CO)o2)CCN1C(=O)OC(C)(C)C. The molecule has 2 heterocycles. The number of hydrogen-bond donors (Lipinski definition) is 2. The molecule has 1 saturated heterocycles. The number of nitrogens with zero attached hydrogens (tertiary/aromatic N) is 1. The van der Waals surface area contributed by atoms with Crippen LogP contribution in [-0.2, 0) is 17.9 Å². The van der Waals surface area contributed by atoms with Crippen molar-refractivity contribution >= 4 is 6.09 Å². The zero-order valence-electron chi connectivity index (χ0n) is 14.5. The molecule has 0 bridgehead atoms. The summed E-state index contributed by atoms with van der Waals surface area (Å²) in [5.41, 5.74) is -0.463. The van der Waals surface area contributed by atoms with E-state index in [1.165, 1.54) is 0 Å². The molecule has 0 spiro atoms. The summed E-state index contributed by atoms with van der Waals surface area (Å²) in [6, 6.07) is 4.13. The Morgan fingerprint density at radius 1 is 1.43 bits per heavy atom. The van der Waals surface area contributed by atoms with Crippen molar-refractivity contribution in [3.05, 3.63) is 23.7 Å². The first-order valence-corrected chi connectivity index (χ1v) is 8.20. The Kier molecular flexibility index (Phi) is 5.70. The topological polar surface area (TPSA) is 74.9 Å². The standard InChI is InChI=1S/C17H28N2O4/c1-12-9-13(18-10-14-5-6-15(11-20)22-14)7-8-19(12)16(21)23-17(2,3)4/h5-6,12-13,18,20H,7-11H2,1-4H3. The Labute approximate surface area is 137 Å². The monoisotopic (exact) mass is 324 g/mol. The van der Waals surface area contributed by atoms with Gasteiger partial charge in [0, 0.05) is 18.6 Å². The predicted molar refractivity (Wildman–Crippen MR) is 86.9 cm³/mol. The van der Waals surface area contributed by atoms with Crippen LogP contribution in [0.15, 0.2) is 16.5 Å². The highest BCUT2D eigenvalue weighted by Crippen LogP contribution is 2.21. The maximum absolute atomic E-state index is 12.2. The minimum absolute atomic E-state index is 0.0781. The van der Waals surface area contributed by atoms with E-state index in [-0.39, 0.29) is 18.7 Å². The molecule has 0 saturated carbocycles. The molecule has 2 atom stereocenters. The third kappa shape index (κ3) is 5.25. The fourth-order valence-electron chi connectivity index (χ4n) is 2.80. The fourth-order valence-corrected chi connectivity index (χ4v) is 2.80. The van der Waals surface area contributed by atoms with Gasteiger partial charge in [0.2, 0.25) is 0 Å². The second-order valence-electron chi connectivity index (χ2n) is 7.15. The Morgan fingerprint density at radius 2 is 2.13 bits per heavy atom. The van der Waals surface area contributed by atoms with Gasteiger partial charge in [-0.3, -0.25) is 0 Å². The van der Waals surface area contributed by atoms with Crippen LogP contribution in [0.3, 0.4) is 0 Å². The van der Waals surface area contributed by atoms with E-state index in [0.29, 0.717) is 24.9 Å². The molecule has 0 aliphatic carbocycles. The number of carbonyl (C=O) groups excluding carboxylic acids is 1. The second kappa shape index (κ2) is 7.36. The van der Waals surface area contributed by atoms with E-state index in [1.54, 1.807) is 11.0 Å². The molecule has 1 aliphatic rings. The molecule has 1 aliphatic heterocycles. The van der Waals surface area contributed by atoms with Gasteiger partial charge in [-0.2, -0.15) is 0 Å². The first-order chi connectivity index (χ1) is 10.8. The van der Waals surface area contributed by atoms with Crippen LogP contribution in [0.1, 0.15) is 52.1 Å². The number of likely N-dealkylation sites (tertiary alicyclic amines) is 1. The molecule has 2 unspecified atom stereocenters. The number of ether oxygens (including phenoxy) is 1. The van der Waals surface area contributed by atoms with E-state index >= 15 is 0 Å². The Hall–Kier alpha value is -1.53. The number of piperidine rings is 1. The summed E-state index contributed by atoms with van der Waals surface area (Å²) in [5, 5.41) is 12.5. The number of aliphatic hydroxyl groups is 1. The smallest absolute Gasteiger partial charge is 0.410 e. The van der Waals surface area contributed by atoms with Gasteiger partial charge in [-0.15, -0.1) is 0 Å². The van der Waals surface area contributed by atoms with Gasteiger partial charge in [0.05, 0.1) is 6.54 Å². The average molecular weight is 324 g/mol. The normalized spacial score (nSPS) is 22.2. The summed E-state index contributed by atoms with van der Waals surface area (Å²) in [7, 11) is 0. The van der Waals surface area contributed by atoms with Gasteiger partial charge in [0.1, 0.15) is 23.7 Å². The molecule has 1 aromatic heterocycles. The van der Waals surface area contributed by atoms with Crippen LogP contribution in [0.4, 0.5) is 4.79 Å². The summed E-state index contributed by atoms with van der Waals surface area (Å²) in [6.45, 7) is 8.94. The summed E-state index contributed by atoms with van der Waals surface area (Å²) in [5.74, 6) is 1.39. The molecular formula is C17H28N2O4. The van der Waals surface area contributed by atoms with Gasteiger partial charge in [-0.1, -0.05) is 0 Å². The quantitative estimate of drug-likeness (QED) is 0.890. The first kappa shape index (κ1) is 17.8. The molecular weight excluding hydrogens is 296 g/mol. The van der Waals surface area contributed by atoms with Gasteiger partial charge in [0.25, 0.3) is 0 Å². The zero-order chi connectivity index (χ0) is 17.0. The summed E-state index contributed by atoms with van der Waals surface area (Å²) in [6.07, 6.45) is 1.53. The molecule has 130 valence electrons. The van der Waals surface area contributed by atoms with Crippen molar-refractivity contribution in [2.45, 2.75) is 71.4 Å². The van der Waals surface area contributed by atoms with Crippen molar-refractivity contribution in [2.24, 2.45) is 0 Å². The molecule has 1 amide bonds. The molecule has 0 aromatic carbocycles. The van der Waals surface area contributed by atoms with E-state index in [9.17, 15) is 4.79 Å². The predicted octanol–water partition coefficient (Wildman–Crippen LogP) is 2.65. The van der Waals surface area contributed by atoms with Crippen molar-refractivity contribution < 1.29 is 19.1 Å². The number of nitrogens with one attached hydrogen (secondary N) is 1. The summed E-state index contributed by atoms with van der Waals surface area (Å²) < 4.78 is 10.9. The largest absolute Gasteiger partial charge is 0.462 e. The highest BCUT2D eigenvalue weighted by molar-refractivity contribution is 5.68. The number of carbonyl (C=O) groups is 1. The number of hydrogen-bond acceptors (Lipinski definition) is 5. The van der Waals surface area contributed by atoms with Gasteiger partial charge >= 0.3 is 6.09 Å². The molecule has 23 heavy (non-hydrogen) atoms. The van der Waals surface area contributed by atoms with E-state index < -0.39 is 5.60 Å². The third-order valence-corrected chi connectivity index (χ3v) is 3.94. The summed E-state index contributed by atoms with van der Waals surface area (Å²) >= 11 is 0. The second-order valence-corrected chi connectivity index (χ2v) is 7.15. The number of rotatable bonds is 4. The zero-order valence-corrected chi connectivity index (χ0v) is 14.5. The van der Waals surface area contributed by atoms with Gasteiger partial charge in [0.15, 0.2) is 0 Å². The molecule has 2 N–H and O–H groups in total. The minimum atomic E-state index is -0.463. The van der Waals surface area contributed by atoms with Gasteiger partial charge < -0.3 is 24.5 Å². The van der Waals surface area contributed by atoms with Crippen LogP contribution >= 0.6 is 0 Å². The Balaban J connectivity index is 1.80. The lowest BCUT2D eigenvalue weighted by Crippen LogP contribution is -2.50. The maximum Gasteiger partial charge on any atom is 0.410 e. The molecule has 0 radical (unpaired) electrons. The lowest BCUT2D eigenvalue weighted by Gasteiger charge is -2.38. The lowest BCUT2D eigenvalue weighted by molar-refractivity contribution is 0.00925. The van der Waals surface area contributed by atoms with Crippen molar-refractivity contribution in [1.82, 2.24) is 10.2 Å². The van der Waals surface area contributed by atoms with Crippen LogP contribution < -0.4 is 5.32 Å². The molecule has 1 fully saturated rings. The highest BCUT2D eigenvalue weighted by atomic mass is 16.6. The first-order valence-electron chi connectivity index (χ1n) is 8.20. The van der Waals surface area contributed by atoms with Crippen molar-refractivity contribution in [1.29, 1.82) is 0 Å². The molecule has 6 nitrogen and oxygen atoms in total. The summed E-state index contributed by atoms with van der Waals surface area (Å²) in [4.78, 5) is 14.0. The van der Waals surface area contributed by atoms with Gasteiger partial charge in [-0.25, -0.2) is 4.79 Å². The molecule has 6 heteroatoms. The maximum atomic E-state index is 12.2. The third-order valence-electron chi connectivity index (χ3n) is 3.94. The van der Waals surface area contributed by atoms with E-state index in [0.717, 1.165) is 18.6 Å². The van der Waals surface area contributed by atoms with Crippen LogP contribution in [0.2, 0.25) is 0 Å². The lowest BCUT2D eigenvalue weighted by atomic mass is 9.98. The van der Waals surface area contributed by atoms with Crippen LogP contribution in [0.5, 0.6) is 0 Å². The Bertz CT molecular complexity index is 521. The molecule has 1 aromatic rings. The van der Waals surface area contributed by atoms with Crippen molar-refractivity contribution in [2.75, 3.05) is 6.54 Å². The van der Waals surface area contributed by atoms with Crippen LogP contribution in [0.25, 0.3) is 0 Å². The average Bonchev–Trinajstić information content (AvgIpc) is 2.91. The Morgan fingerprint density at radius 3 is 2.70 bits per heavy atom. The number of amides is 1. The van der Waals surface area contributed by atoms with E-state index in [2.05, 4.69) is 12.2 Å². The van der Waals surface area contributed by atoms with Crippen LogP contribution in [-0.4, -0.2) is 40.3 Å². The minimum Gasteiger partial charge on any atom is -0.462 e.